The van der Waals surface area contributed by atoms with Gasteiger partial charge < -0.3 is 19.1 Å². The average molecular weight is 769 g/mol. The molecule has 1 saturated heterocycles. The average Bonchev–Trinajstić information content (AvgIpc) is 3.30. The second-order valence-corrected chi connectivity index (χ2v) is 12.5. The minimum atomic E-state index is -5.41. The molecule has 0 aliphatic carbocycles. The molecule has 0 bridgehead atoms. The number of rotatable bonds is 12. The number of halogens is 5. The highest BCUT2D eigenvalue weighted by Crippen LogP contribution is 2.32. The summed E-state index contributed by atoms with van der Waals surface area (Å²) in [4.78, 5) is 31.2. The number of methoxy groups -OCH3 is 1. The fourth-order valence-corrected chi connectivity index (χ4v) is 6.31. The molecule has 0 saturated carbocycles. The van der Waals surface area contributed by atoms with Gasteiger partial charge in [-0.2, -0.15) is 13.2 Å². The molecule has 1 aliphatic rings. The maximum Gasteiger partial charge on any atom is 0.416 e. The molecule has 1 amide bonds. The Morgan fingerprint density at radius 3 is 2.32 bits per heavy atom. The maximum absolute atomic E-state index is 15.3. The molecule has 6 rings (SSSR count). The van der Waals surface area contributed by atoms with Crippen LogP contribution in [-0.2, 0) is 34.5 Å². The zero-order chi connectivity index (χ0) is 54.3. The van der Waals surface area contributed by atoms with Crippen molar-refractivity contribution in [2.75, 3.05) is 33.3 Å². The molecule has 0 radical (unpaired) electrons. The summed E-state index contributed by atoms with van der Waals surface area (Å²) in [6.07, 6.45) is -5.84. The molecule has 5 aromatic rings. The van der Waals surface area contributed by atoms with Gasteiger partial charge in [0.1, 0.15) is 6.54 Å². The van der Waals surface area contributed by atoms with Crippen LogP contribution in [0.25, 0.3) is 22.0 Å². The Balaban J connectivity index is 1.60. The molecule has 6 nitrogen and oxygen atoms in total. The van der Waals surface area contributed by atoms with Gasteiger partial charge in [-0.15, -0.1) is 11.8 Å². The number of ether oxygens (including phenoxy) is 1. The third kappa shape index (κ3) is 9.17. The summed E-state index contributed by atoms with van der Waals surface area (Å²) in [5.41, 5.74) is -8.29. The number of hydrogen-bond acceptors (Lipinski definition) is 5. The largest absolute Gasteiger partial charge is 0.416 e. The summed E-state index contributed by atoms with van der Waals surface area (Å²) < 4.78 is 240. The minimum Gasteiger partial charge on any atom is -0.383 e. The molecule has 53 heavy (non-hydrogen) atoms. The Labute approximate surface area is 335 Å². The molecule has 0 atom stereocenters. The Hall–Kier alpha value is -4.52. The number of benzene rings is 4. The molecule has 2 heterocycles. The lowest BCUT2D eigenvalue weighted by atomic mass is 10.00. The standard InChI is InChI=1S/C41H40F5N3O3S/c1-27-6-15-36-34(22-27)37(50)23-39(53-26-31-4-3-5-35(42)40(31)43)49(36)25-38(51)48(33-16-18-47(19-17-33)20-21-52-2)24-28-7-9-29(10-8-28)30-11-13-32(14-12-30)41(44,45)46/h3-15,22-23,33H,16-21,24-26H2,1-2H3/i3D,4D,5D,6D,7D,8D,9D,10D,11D,12D,13D,14D,15D,21D2,22D,23D,24D2. The van der Waals surface area contributed by atoms with Gasteiger partial charge in [-0.05, 0) is 66.7 Å². The summed E-state index contributed by atoms with van der Waals surface area (Å²) >= 11 is 0.298. The summed E-state index contributed by atoms with van der Waals surface area (Å²) in [6, 6.07) is -19.0. The first-order valence-corrected chi connectivity index (χ1v) is 16.7. The highest BCUT2D eigenvalue weighted by molar-refractivity contribution is 7.98. The van der Waals surface area contributed by atoms with Crippen LogP contribution in [0.1, 0.15) is 61.1 Å². The van der Waals surface area contributed by atoms with Gasteiger partial charge in [0.2, 0.25) is 5.91 Å². The first kappa shape index (κ1) is 20.8. The quantitative estimate of drug-likeness (QED) is 0.0940. The van der Waals surface area contributed by atoms with Crippen molar-refractivity contribution in [2.24, 2.45) is 0 Å². The molecule has 1 aliphatic heterocycles. The van der Waals surface area contributed by atoms with Crippen LogP contribution in [0.4, 0.5) is 22.0 Å². The predicted molar refractivity (Wildman–Crippen MR) is 198 cm³/mol. The molecule has 1 aromatic heterocycles. The third-order valence-electron chi connectivity index (χ3n) is 8.01. The second kappa shape index (κ2) is 16.7. The van der Waals surface area contributed by atoms with E-state index in [4.69, 9.17) is 28.0 Å². The number of piperidine rings is 1. The molecule has 1 fully saturated rings. The predicted octanol–water partition coefficient (Wildman–Crippen LogP) is 8.71. The van der Waals surface area contributed by atoms with Crippen molar-refractivity contribution in [3.63, 3.8) is 0 Å². The van der Waals surface area contributed by atoms with Gasteiger partial charge in [0.15, 0.2) is 17.1 Å². The van der Waals surface area contributed by atoms with E-state index in [2.05, 4.69) is 0 Å². The Bertz CT molecular complexity index is 3070. The van der Waals surface area contributed by atoms with Crippen LogP contribution in [0, 0.1) is 18.6 Å². The van der Waals surface area contributed by atoms with Crippen molar-refractivity contribution in [2.45, 2.75) is 55.8 Å². The number of thioether (sulfide) groups is 1. The maximum atomic E-state index is 15.3. The van der Waals surface area contributed by atoms with Crippen LogP contribution in [0.2, 0.25) is 0 Å². The number of pyridine rings is 1. The topological polar surface area (TPSA) is 54.8 Å². The van der Waals surface area contributed by atoms with E-state index in [1.807, 2.05) is 0 Å². The van der Waals surface area contributed by atoms with E-state index in [1.165, 1.54) is 6.92 Å². The van der Waals surface area contributed by atoms with Crippen LogP contribution >= 0.6 is 11.8 Å². The van der Waals surface area contributed by atoms with E-state index in [9.17, 15) is 25.1 Å². The first-order valence-electron chi connectivity index (χ1n) is 25.3. The summed E-state index contributed by atoms with van der Waals surface area (Å²) in [5, 5.41) is -1.33. The summed E-state index contributed by atoms with van der Waals surface area (Å²) in [7, 11) is 1.11. The van der Waals surface area contributed by atoms with Crippen molar-refractivity contribution >= 4 is 28.6 Å². The van der Waals surface area contributed by atoms with Gasteiger partial charge in [0.05, 0.1) is 48.7 Å². The second-order valence-electron chi connectivity index (χ2n) is 11.6. The zero-order valence-corrected chi connectivity index (χ0v) is 28.7. The van der Waals surface area contributed by atoms with Crippen LogP contribution in [0.15, 0.2) is 100 Å². The first-order chi connectivity index (χ1) is 33.2. The summed E-state index contributed by atoms with van der Waals surface area (Å²) in [5.74, 6) is -5.81. The van der Waals surface area contributed by atoms with Gasteiger partial charge in [-0.1, -0.05) is 59.9 Å². The lowest BCUT2D eigenvalue weighted by molar-refractivity contribution is -0.137. The van der Waals surface area contributed by atoms with Crippen molar-refractivity contribution in [1.82, 2.24) is 14.4 Å². The molecule has 12 heteroatoms. The molecule has 278 valence electrons. The van der Waals surface area contributed by atoms with Crippen LogP contribution in [-0.4, -0.2) is 59.6 Å². The van der Waals surface area contributed by atoms with Crippen LogP contribution in [0.3, 0.4) is 0 Å². The SMILES string of the molecule is [2H]c1c([2H])c(F)c(F)c(CSc2c([2H])c(=O)c3c([2H])c(C)c([2H])c([2H])c3n2CC(=O)N(C2CCN(CC([2H])([2H])OC)CC2)C([2H])([2H])c2c([2H])c([2H])c(-c3c([2H])c([2H])c(C(F)(F)F)c([2H])c3[2H])c([2H])c2[2H])c1[2H]. The Morgan fingerprint density at radius 1 is 0.981 bits per heavy atom. The number of aromatic nitrogens is 1. The number of likely N-dealkylation sites (tertiary alicyclic amines) is 1. The fraction of sp³-hybridized carbons (Fsp3) is 0.317. The highest BCUT2D eigenvalue weighted by Gasteiger charge is 2.31. The van der Waals surface area contributed by atoms with Gasteiger partial charge in [0.25, 0.3) is 0 Å². The Kier molecular flexibility index (Phi) is 6.54. The number of amides is 1. The van der Waals surface area contributed by atoms with Gasteiger partial charge in [-0.25, -0.2) is 8.78 Å². The monoisotopic (exact) mass is 768 g/mol. The number of carbonyl (C=O) groups is 1. The number of hydrogen-bond donors (Lipinski definition) is 0. The van der Waals surface area contributed by atoms with Gasteiger partial charge >= 0.3 is 6.18 Å². The fourth-order valence-electron chi connectivity index (χ4n) is 5.35. The van der Waals surface area contributed by atoms with E-state index in [1.54, 1.807) is 4.90 Å². The molecule has 4 aromatic carbocycles. The third-order valence-corrected chi connectivity index (χ3v) is 9.04. The van der Waals surface area contributed by atoms with Gasteiger partial charge in [-0.3, -0.25) is 9.59 Å². The van der Waals surface area contributed by atoms with Crippen LogP contribution in [0.5, 0.6) is 0 Å². The molecule has 0 N–H and O–H groups in total. The number of fused-ring (bicyclic) bond motifs is 1. The van der Waals surface area contributed by atoms with Gasteiger partial charge in [0, 0.05) is 62.0 Å². The number of nitrogens with zero attached hydrogens (tertiary/aromatic N) is 3. The van der Waals surface area contributed by atoms with E-state index in [0.717, 1.165) is 11.7 Å². The lowest BCUT2D eigenvalue weighted by Crippen LogP contribution is -2.48. The molecule has 0 unspecified atom stereocenters. The highest BCUT2D eigenvalue weighted by atomic mass is 32.2. The van der Waals surface area contributed by atoms with E-state index in [-0.39, 0.29) is 38.0 Å². The van der Waals surface area contributed by atoms with E-state index in [0.29, 0.717) is 16.7 Å². The van der Waals surface area contributed by atoms with Crippen molar-refractivity contribution < 1.29 is 57.5 Å². The molecular weight excluding hydrogens is 710 g/mol. The minimum absolute atomic E-state index is 0.0786. The van der Waals surface area contributed by atoms with E-state index < -0.39 is 195 Å². The lowest BCUT2D eigenvalue weighted by Gasteiger charge is -2.39. The molecule has 0 spiro atoms. The number of carbonyl (C=O) groups excluding carboxylic acids is 1. The van der Waals surface area contributed by atoms with Crippen molar-refractivity contribution in [3.05, 3.63) is 135 Å². The van der Waals surface area contributed by atoms with E-state index >= 15 is 9.18 Å². The number of alkyl halides is 3. The van der Waals surface area contributed by atoms with Crippen molar-refractivity contribution in [1.29, 1.82) is 0 Å². The molecular formula is C41H40F5N3O3S. The zero-order valence-electron chi connectivity index (χ0n) is 46.9. The smallest absolute Gasteiger partial charge is 0.383 e. The normalized spacial score (nSPS) is 19.8. The van der Waals surface area contributed by atoms with Crippen LogP contribution < -0.4 is 5.43 Å². The Morgan fingerprint density at radius 2 is 1.66 bits per heavy atom. The van der Waals surface area contributed by atoms with Crippen molar-refractivity contribution in [3.8, 4) is 11.1 Å². The summed E-state index contributed by atoms with van der Waals surface area (Å²) in [6.45, 7) is -6.22.